The Morgan fingerprint density at radius 2 is 2.00 bits per heavy atom. The molecule has 0 spiro atoms. The van der Waals surface area contributed by atoms with Gasteiger partial charge in [0.05, 0.1) is 10.9 Å². The van der Waals surface area contributed by atoms with Crippen molar-refractivity contribution in [3.05, 3.63) is 42.0 Å². The molecule has 0 saturated heterocycles. The molecule has 1 amide bonds. The first-order valence-electron chi connectivity index (χ1n) is 7.76. The Balaban J connectivity index is 2.14. The summed E-state index contributed by atoms with van der Waals surface area (Å²) in [6.07, 6.45) is -0.287. The predicted molar refractivity (Wildman–Crippen MR) is 92.2 cm³/mol. The number of hydrogen-bond donors (Lipinski definition) is 2. The first-order valence-corrected chi connectivity index (χ1v) is 8.91. The third-order valence-corrected chi connectivity index (χ3v) is 4.95. The van der Waals surface area contributed by atoms with E-state index >= 15 is 0 Å². The first-order chi connectivity index (χ1) is 12.5. The van der Waals surface area contributed by atoms with E-state index in [9.17, 15) is 26.6 Å². The first kappa shape index (κ1) is 21.0. The molecule has 2 aromatic rings. The zero-order chi connectivity index (χ0) is 20.4. The summed E-state index contributed by atoms with van der Waals surface area (Å²) >= 11 is 0. The maximum atomic E-state index is 13.2. The molecule has 0 aliphatic carbocycles. The van der Waals surface area contributed by atoms with Crippen LogP contribution in [0.15, 0.2) is 35.5 Å². The van der Waals surface area contributed by atoms with Gasteiger partial charge < -0.3 is 9.88 Å². The van der Waals surface area contributed by atoms with Gasteiger partial charge in [-0.25, -0.2) is 26.5 Å². The summed E-state index contributed by atoms with van der Waals surface area (Å²) in [6, 6.07) is 2.31. The summed E-state index contributed by atoms with van der Waals surface area (Å²) in [5.74, 6) is -3.71. The Hall–Kier alpha value is -2.27. The minimum absolute atomic E-state index is 0.0754. The molecule has 0 aromatic carbocycles. The molecule has 2 rings (SSSR count). The molecule has 27 heavy (non-hydrogen) atoms. The number of hydrogen-bond acceptors (Lipinski definition) is 3. The van der Waals surface area contributed by atoms with Gasteiger partial charge in [0.2, 0.25) is 0 Å². The molecule has 0 fully saturated rings. The average molecular weight is 406 g/mol. The van der Waals surface area contributed by atoms with Gasteiger partial charge in [-0.1, -0.05) is 0 Å². The van der Waals surface area contributed by atoms with E-state index in [-0.39, 0.29) is 16.3 Å². The molecule has 0 aliphatic heterocycles. The zero-order valence-electron chi connectivity index (χ0n) is 14.7. The number of carbonyl (C=O) groups excluding carboxylic acids is 1. The fourth-order valence-electron chi connectivity index (χ4n) is 2.03. The van der Waals surface area contributed by atoms with Crippen LogP contribution in [-0.4, -0.2) is 31.6 Å². The van der Waals surface area contributed by atoms with E-state index in [0.29, 0.717) is 6.92 Å². The number of alkyl halides is 4. The number of amides is 1. The number of carbonyl (C=O) groups is 1. The van der Waals surface area contributed by atoms with Gasteiger partial charge in [0.1, 0.15) is 22.4 Å². The third-order valence-electron chi connectivity index (χ3n) is 3.73. The highest BCUT2D eigenvalue weighted by molar-refractivity contribution is 7.83. The van der Waals surface area contributed by atoms with Gasteiger partial charge in [-0.15, -0.1) is 0 Å². The number of rotatable bonds is 7. The summed E-state index contributed by atoms with van der Waals surface area (Å²) in [4.78, 5) is 16.0. The second-order valence-electron chi connectivity index (χ2n) is 5.96. The standard InChI is InChI=1S/C16H18F4N4O2S/c1-9(16(2,19)20)23-27(26)11-7-13(24(3)8-11)15(25)22-10-4-5-21-12(6-10)14(17)18/h4-9,14,23H,1-3H3,(H,21,22,25)/t9-,27?/m1/s1. The Morgan fingerprint density at radius 3 is 2.59 bits per heavy atom. The normalized spacial score (nSPS) is 14.2. The molecule has 0 saturated carbocycles. The lowest BCUT2D eigenvalue weighted by molar-refractivity contribution is -0.00444. The van der Waals surface area contributed by atoms with Crippen molar-refractivity contribution in [2.75, 3.05) is 5.32 Å². The van der Waals surface area contributed by atoms with Crippen LogP contribution >= 0.6 is 0 Å². The molecule has 0 bridgehead atoms. The fraction of sp³-hybridized carbons (Fsp3) is 0.375. The van der Waals surface area contributed by atoms with Crippen LogP contribution in [0.4, 0.5) is 23.2 Å². The van der Waals surface area contributed by atoms with Crippen LogP contribution < -0.4 is 10.0 Å². The average Bonchev–Trinajstić information content (AvgIpc) is 2.96. The zero-order valence-corrected chi connectivity index (χ0v) is 15.5. The number of aryl methyl sites for hydroxylation is 1. The van der Waals surface area contributed by atoms with Crippen molar-refractivity contribution >= 4 is 22.6 Å². The van der Waals surface area contributed by atoms with Gasteiger partial charge in [0, 0.05) is 32.1 Å². The summed E-state index contributed by atoms with van der Waals surface area (Å²) in [7, 11) is -0.458. The Labute approximate surface area is 155 Å². The van der Waals surface area contributed by atoms with Gasteiger partial charge in [-0.3, -0.25) is 9.78 Å². The van der Waals surface area contributed by atoms with Crippen molar-refractivity contribution < 1.29 is 26.6 Å². The highest BCUT2D eigenvalue weighted by Gasteiger charge is 2.31. The molecule has 6 nitrogen and oxygen atoms in total. The maximum Gasteiger partial charge on any atom is 0.280 e. The van der Waals surface area contributed by atoms with Crippen molar-refractivity contribution in [2.45, 2.75) is 37.1 Å². The fourth-order valence-corrected chi connectivity index (χ4v) is 3.17. The van der Waals surface area contributed by atoms with E-state index < -0.39 is 41.0 Å². The van der Waals surface area contributed by atoms with Crippen LogP contribution in [0.2, 0.25) is 0 Å². The van der Waals surface area contributed by atoms with Crippen LogP contribution in [-0.2, 0) is 18.0 Å². The number of pyridine rings is 1. The van der Waals surface area contributed by atoms with Crippen LogP contribution in [0.3, 0.4) is 0 Å². The number of halogens is 4. The lowest BCUT2D eigenvalue weighted by Gasteiger charge is -2.19. The monoisotopic (exact) mass is 406 g/mol. The third kappa shape index (κ3) is 5.36. The number of nitrogens with zero attached hydrogens (tertiary/aromatic N) is 2. The van der Waals surface area contributed by atoms with Crippen LogP contribution in [0.25, 0.3) is 0 Å². The molecule has 2 N–H and O–H groups in total. The topological polar surface area (TPSA) is 76.0 Å². The maximum absolute atomic E-state index is 13.2. The van der Waals surface area contributed by atoms with E-state index in [1.54, 1.807) is 0 Å². The number of nitrogens with one attached hydrogen (secondary N) is 2. The van der Waals surface area contributed by atoms with Crippen LogP contribution in [0.5, 0.6) is 0 Å². The van der Waals surface area contributed by atoms with E-state index in [1.165, 1.54) is 36.9 Å². The molecule has 148 valence electrons. The summed E-state index contributed by atoms with van der Waals surface area (Å²) < 4.78 is 67.6. The van der Waals surface area contributed by atoms with Crippen molar-refractivity contribution in [2.24, 2.45) is 7.05 Å². The van der Waals surface area contributed by atoms with Gasteiger partial charge >= 0.3 is 0 Å². The van der Waals surface area contributed by atoms with Gasteiger partial charge in [-0.05, 0) is 25.1 Å². The van der Waals surface area contributed by atoms with E-state index in [1.807, 2.05) is 0 Å². The minimum atomic E-state index is -3.08. The van der Waals surface area contributed by atoms with Crippen molar-refractivity contribution in [1.29, 1.82) is 0 Å². The van der Waals surface area contributed by atoms with Crippen LogP contribution in [0.1, 0.15) is 36.5 Å². The molecular formula is C16H18F4N4O2S. The van der Waals surface area contributed by atoms with Crippen molar-refractivity contribution in [3.63, 3.8) is 0 Å². The molecule has 1 unspecified atom stereocenters. The predicted octanol–water partition coefficient (Wildman–Crippen LogP) is 3.27. The number of aromatic nitrogens is 2. The van der Waals surface area contributed by atoms with Crippen LogP contribution in [0, 0.1) is 0 Å². The SMILES string of the molecule is C[C@@H](NS(=O)c1cc(C(=O)Nc2ccnc(C(F)F)c2)n(C)c1)C(C)(F)F. The van der Waals surface area contributed by atoms with E-state index in [4.69, 9.17) is 0 Å². The summed E-state index contributed by atoms with van der Waals surface area (Å²) in [6.45, 7) is 1.90. The minimum Gasteiger partial charge on any atom is -0.345 e. The molecule has 0 radical (unpaired) electrons. The Bertz CT molecular complexity index is 851. The van der Waals surface area contributed by atoms with Crippen molar-refractivity contribution in [3.8, 4) is 0 Å². The molecule has 0 aliphatic rings. The highest BCUT2D eigenvalue weighted by atomic mass is 32.2. The Morgan fingerprint density at radius 1 is 1.33 bits per heavy atom. The van der Waals surface area contributed by atoms with Gasteiger partial charge in [0.15, 0.2) is 0 Å². The van der Waals surface area contributed by atoms with Crippen molar-refractivity contribution in [1.82, 2.24) is 14.3 Å². The molecule has 2 aromatic heterocycles. The van der Waals surface area contributed by atoms with Gasteiger partial charge in [-0.2, -0.15) is 0 Å². The highest BCUT2D eigenvalue weighted by Crippen LogP contribution is 2.21. The summed E-state index contributed by atoms with van der Waals surface area (Å²) in [5.41, 5.74) is -0.293. The Kier molecular flexibility index (Phi) is 6.37. The quantitative estimate of drug-likeness (QED) is 0.693. The van der Waals surface area contributed by atoms with E-state index in [0.717, 1.165) is 12.3 Å². The molecule has 2 atom stereocenters. The molecule has 2 heterocycles. The lowest BCUT2D eigenvalue weighted by Crippen LogP contribution is -2.41. The van der Waals surface area contributed by atoms with E-state index in [2.05, 4.69) is 15.0 Å². The number of anilines is 1. The lowest BCUT2D eigenvalue weighted by atomic mass is 10.2. The molecular weight excluding hydrogens is 388 g/mol. The smallest absolute Gasteiger partial charge is 0.280 e. The molecule has 11 heteroatoms. The second-order valence-corrected chi connectivity index (χ2v) is 7.21. The van der Waals surface area contributed by atoms with Gasteiger partial charge in [0.25, 0.3) is 18.3 Å². The summed E-state index contributed by atoms with van der Waals surface area (Å²) in [5, 5.41) is 2.44. The second kappa shape index (κ2) is 8.17. The largest absolute Gasteiger partial charge is 0.345 e.